The van der Waals surface area contributed by atoms with Gasteiger partial charge in [0.05, 0.1) is 42.9 Å². The number of rotatable bonds is 9. The van der Waals surface area contributed by atoms with Crippen LogP contribution in [0.25, 0.3) is 11.3 Å². The number of aromatic nitrogens is 4. The van der Waals surface area contributed by atoms with Crippen molar-refractivity contribution in [1.82, 2.24) is 24.0 Å². The molecule has 0 saturated carbocycles. The molecule has 1 aromatic carbocycles. The summed E-state index contributed by atoms with van der Waals surface area (Å²) in [5.74, 6) is -1.33. The molecule has 1 atom stereocenters. The summed E-state index contributed by atoms with van der Waals surface area (Å²) in [7, 11) is 0. The molecule has 3 aromatic heterocycles. The summed E-state index contributed by atoms with van der Waals surface area (Å²) in [6, 6.07) is 8.54. The summed E-state index contributed by atoms with van der Waals surface area (Å²) in [6.45, 7) is 0.281. The predicted molar refractivity (Wildman–Crippen MR) is 207 cm³/mol. The molecule has 1 aliphatic carbocycles. The standard InChI is InChI=1S/C40H47N9O5/c1-6-35(51)43-30-16-26(7-8-32(30)47-12-11-46(19-24(47)2)27-22-54-23-27)42-36-39(53)45(5)20-31(44-36)28-9-10-41-37(29(28)21-50)49-14-13-48-33(38(49)52)15-25-17-40(3,4)18-34(25)48/h6-10,15-16,20,24,27,50H,1,11-14,17-19,21-23H2,2-5H3,(H,42,44)(H,43,51)/t24-/m0/s1/i3D3,4D3,5D3. The van der Waals surface area contributed by atoms with Crippen LogP contribution in [0.2, 0.25) is 0 Å². The molecule has 2 fully saturated rings. The number of anilines is 5. The summed E-state index contributed by atoms with van der Waals surface area (Å²) in [5.41, 5.74) is -0.149. The number of fused-ring (bicyclic) bond motifs is 3. The van der Waals surface area contributed by atoms with E-state index in [1.165, 1.54) is 23.2 Å². The van der Waals surface area contributed by atoms with E-state index in [4.69, 9.17) is 17.1 Å². The lowest BCUT2D eigenvalue weighted by molar-refractivity contribution is -0.111. The van der Waals surface area contributed by atoms with Crippen molar-refractivity contribution in [3.05, 3.63) is 88.2 Å². The molecule has 14 nitrogen and oxygen atoms in total. The molecule has 0 unspecified atom stereocenters. The minimum absolute atomic E-state index is 0.0185. The van der Waals surface area contributed by atoms with Gasteiger partial charge in [-0.05, 0) is 67.2 Å². The van der Waals surface area contributed by atoms with E-state index >= 15 is 0 Å². The van der Waals surface area contributed by atoms with Crippen molar-refractivity contribution in [3.8, 4) is 11.3 Å². The third-order valence-electron chi connectivity index (χ3n) is 10.7. The number of hydrogen-bond acceptors (Lipinski definition) is 10. The fraction of sp³-hybridized carbons (Fsp3) is 0.425. The molecule has 0 radical (unpaired) electrons. The normalized spacial score (nSPS) is 22.8. The second-order valence-corrected chi connectivity index (χ2v) is 14.3. The Balaban J connectivity index is 1.12. The van der Waals surface area contributed by atoms with E-state index in [0.717, 1.165) is 31.0 Å². The lowest BCUT2D eigenvalue weighted by atomic mass is 9.90. The first-order chi connectivity index (χ1) is 29.7. The van der Waals surface area contributed by atoms with Crippen molar-refractivity contribution < 1.29 is 31.8 Å². The molecule has 282 valence electrons. The Labute approximate surface area is 326 Å². The number of amides is 2. The largest absolute Gasteiger partial charge is 0.392 e. The molecule has 54 heavy (non-hydrogen) atoms. The molecule has 14 heteroatoms. The Morgan fingerprint density at radius 2 is 2.00 bits per heavy atom. The molecular formula is C40H47N9O5. The van der Waals surface area contributed by atoms with Crippen LogP contribution in [-0.4, -0.2) is 92.4 Å². The van der Waals surface area contributed by atoms with Gasteiger partial charge in [-0.25, -0.2) is 9.97 Å². The Morgan fingerprint density at radius 1 is 1.15 bits per heavy atom. The van der Waals surface area contributed by atoms with Crippen LogP contribution in [0.4, 0.5) is 28.7 Å². The van der Waals surface area contributed by atoms with Gasteiger partial charge in [0.2, 0.25) is 5.91 Å². The minimum Gasteiger partial charge on any atom is -0.392 e. The molecule has 0 spiro atoms. The van der Waals surface area contributed by atoms with E-state index in [1.807, 2.05) is 0 Å². The Hall–Kier alpha value is -5.31. The van der Waals surface area contributed by atoms with Crippen LogP contribution in [-0.2, 0) is 42.5 Å². The fourth-order valence-corrected chi connectivity index (χ4v) is 7.96. The molecule has 3 aliphatic heterocycles. The van der Waals surface area contributed by atoms with Crippen molar-refractivity contribution in [1.29, 1.82) is 0 Å². The molecule has 3 N–H and O–H groups in total. The Bertz CT molecular complexity index is 2530. The lowest BCUT2D eigenvalue weighted by Crippen LogP contribution is -2.59. The van der Waals surface area contributed by atoms with Gasteiger partial charge in [0.1, 0.15) is 11.5 Å². The van der Waals surface area contributed by atoms with Gasteiger partial charge in [-0.1, -0.05) is 20.3 Å². The van der Waals surface area contributed by atoms with E-state index in [1.54, 1.807) is 22.8 Å². The number of nitrogens with zero attached hydrogens (tertiary/aromatic N) is 7. The highest BCUT2D eigenvalue weighted by Gasteiger charge is 2.38. The molecule has 6 heterocycles. The lowest BCUT2D eigenvalue weighted by Gasteiger charge is -2.46. The van der Waals surface area contributed by atoms with E-state index in [9.17, 15) is 19.5 Å². The number of ether oxygens (including phenoxy) is 1. The third-order valence-corrected chi connectivity index (χ3v) is 10.7. The summed E-state index contributed by atoms with van der Waals surface area (Å²) < 4.78 is 80.9. The van der Waals surface area contributed by atoms with Crippen LogP contribution in [0.15, 0.2) is 60.2 Å². The first kappa shape index (κ1) is 26.5. The average molecular weight is 743 g/mol. The van der Waals surface area contributed by atoms with Gasteiger partial charge < -0.3 is 34.5 Å². The fourth-order valence-electron chi connectivity index (χ4n) is 7.96. The van der Waals surface area contributed by atoms with Gasteiger partial charge in [-0.3, -0.25) is 24.2 Å². The van der Waals surface area contributed by atoms with E-state index in [-0.39, 0.29) is 66.1 Å². The van der Waals surface area contributed by atoms with Gasteiger partial charge >= 0.3 is 0 Å². The minimum atomic E-state index is -2.97. The number of piperazine rings is 1. The number of carbonyl (C=O) groups is 2. The predicted octanol–water partition coefficient (Wildman–Crippen LogP) is 3.70. The van der Waals surface area contributed by atoms with Crippen LogP contribution < -0.4 is 26.0 Å². The summed E-state index contributed by atoms with van der Waals surface area (Å²) in [6.07, 6.45) is 3.02. The van der Waals surface area contributed by atoms with Crippen molar-refractivity contribution in [2.24, 2.45) is 12.4 Å². The Kier molecular flexibility index (Phi) is 6.78. The first-order valence-electron chi connectivity index (χ1n) is 22.3. The summed E-state index contributed by atoms with van der Waals surface area (Å²) in [5, 5.41) is 16.6. The van der Waals surface area contributed by atoms with Gasteiger partial charge in [-0.15, -0.1) is 0 Å². The number of nitrogens with one attached hydrogen (secondary N) is 2. The number of pyridine rings is 1. The van der Waals surface area contributed by atoms with Crippen molar-refractivity contribution in [2.45, 2.75) is 58.7 Å². The number of benzene rings is 1. The molecule has 4 aromatic rings. The van der Waals surface area contributed by atoms with Gasteiger partial charge in [-0.2, -0.15) is 0 Å². The molecule has 0 bridgehead atoms. The molecule has 8 rings (SSSR count). The number of aryl methyl sites for hydroxylation is 1. The van der Waals surface area contributed by atoms with Crippen LogP contribution in [0.1, 0.15) is 60.3 Å². The highest BCUT2D eigenvalue weighted by Crippen LogP contribution is 2.40. The van der Waals surface area contributed by atoms with Gasteiger partial charge in [0, 0.05) is 93.0 Å². The van der Waals surface area contributed by atoms with E-state index < -0.39 is 50.1 Å². The first-order valence-corrected chi connectivity index (χ1v) is 17.8. The maximum atomic E-state index is 14.2. The number of hydrogen-bond donors (Lipinski definition) is 3. The van der Waals surface area contributed by atoms with Crippen molar-refractivity contribution >= 4 is 40.5 Å². The highest BCUT2D eigenvalue weighted by molar-refractivity contribution is 6.06. The van der Waals surface area contributed by atoms with Crippen molar-refractivity contribution in [3.63, 3.8) is 0 Å². The highest BCUT2D eigenvalue weighted by atomic mass is 16.5. The zero-order valence-corrected chi connectivity index (χ0v) is 29.8. The number of carbonyl (C=O) groups excluding carboxylic acids is 2. The van der Waals surface area contributed by atoms with Crippen LogP contribution in [0, 0.1) is 5.41 Å². The molecular weight excluding hydrogens is 686 g/mol. The second-order valence-electron chi connectivity index (χ2n) is 14.3. The topological polar surface area (TPSA) is 150 Å². The quantitative estimate of drug-likeness (QED) is 0.217. The summed E-state index contributed by atoms with van der Waals surface area (Å²) in [4.78, 5) is 55.5. The zero-order valence-electron chi connectivity index (χ0n) is 38.8. The monoisotopic (exact) mass is 742 g/mol. The molecule has 2 amide bonds. The Morgan fingerprint density at radius 3 is 2.72 bits per heavy atom. The summed E-state index contributed by atoms with van der Waals surface area (Å²) >= 11 is 0. The van der Waals surface area contributed by atoms with Crippen molar-refractivity contribution in [2.75, 3.05) is 59.8 Å². The molecule has 2 saturated heterocycles. The third kappa shape index (κ3) is 6.37. The zero-order chi connectivity index (χ0) is 45.4. The maximum absolute atomic E-state index is 14.2. The van der Waals surface area contributed by atoms with Gasteiger partial charge in [0.25, 0.3) is 11.5 Å². The average Bonchev–Trinajstić information content (AvgIpc) is 3.76. The number of aliphatic hydroxyl groups is 1. The van der Waals surface area contributed by atoms with Crippen LogP contribution in [0.3, 0.4) is 0 Å². The van der Waals surface area contributed by atoms with Crippen LogP contribution >= 0.6 is 0 Å². The smallest absolute Gasteiger partial charge is 0.293 e. The van der Waals surface area contributed by atoms with E-state index in [0.29, 0.717) is 53.0 Å². The van der Waals surface area contributed by atoms with Gasteiger partial charge in [0.15, 0.2) is 5.82 Å². The van der Waals surface area contributed by atoms with E-state index in [2.05, 4.69) is 43.9 Å². The maximum Gasteiger partial charge on any atom is 0.293 e. The SMILES string of the molecule is [2H]C([2H])([2H])n1cc(-c2ccnc(N3CCn4c(cc5c4CC(C([2H])([2H])[2H])(C([2H])([2H])[2H])C5)C3=O)c2CO)nc(Nc2ccc(N3CCN(C4COC4)C[C@@H]3C)c(NC(=O)C=C)c2)c1=O. The number of aliphatic hydroxyl groups excluding tert-OH is 1. The molecule has 4 aliphatic rings. The van der Waals surface area contributed by atoms with Crippen LogP contribution in [0.5, 0.6) is 0 Å². The second kappa shape index (κ2) is 13.8.